The van der Waals surface area contributed by atoms with Gasteiger partial charge >= 0.3 is 0 Å². The van der Waals surface area contributed by atoms with E-state index in [9.17, 15) is 14.0 Å². The minimum Gasteiger partial charge on any atom is -0.382 e. The highest BCUT2D eigenvalue weighted by molar-refractivity contribution is 6.31. The predicted molar refractivity (Wildman–Crippen MR) is 155 cm³/mol. The molecule has 0 radical (unpaired) electrons. The number of benzene rings is 3. The van der Waals surface area contributed by atoms with E-state index in [1.54, 1.807) is 36.1 Å². The molecule has 5 nitrogen and oxygen atoms in total. The van der Waals surface area contributed by atoms with Crippen molar-refractivity contribution in [2.45, 2.75) is 64.5 Å². The molecule has 2 N–H and O–H groups in total. The molecule has 3 aromatic carbocycles. The van der Waals surface area contributed by atoms with Crippen molar-refractivity contribution in [3.8, 4) is 0 Å². The van der Waals surface area contributed by atoms with Crippen LogP contribution in [0.25, 0.3) is 0 Å². The fourth-order valence-electron chi connectivity index (χ4n) is 6.00. The lowest BCUT2D eigenvalue weighted by Gasteiger charge is -2.41. The largest absolute Gasteiger partial charge is 0.382 e. The molecular formula is C32H35ClFN3O2. The first-order chi connectivity index (χ1) is 18.8. The minimum atomic E-state index is -0.543. The van der Waals surface area contributed by atoms with Gasteiger partial charge in [0.15, 0.2) is 0 Å². The van der Waals surface area contributed by atoms with E-state index in [1.165, 1.54) is 31.7 Å². The summed E-state index contributed by atoms with van der Waals surface area (Å²) in [5.41, 5.74) is 4.06. The van der Waals surface area contributed by atoms with Gasteiger partial charge in [-0.15, -0.1) is 0 Å². The molecule has 7 heteroatoms. The van der Waals surface area contributed by atoms with Gasteiger partial charge < -0.3 is 15.5 Å². The van der Waals surface area contributed by atoms with Crippen molar-refractivity contribution < 1.29 is 14.0 Å². The first-order valence-corrected chi connectivity index (χ1v) is 14.2. The molecule has 1 saturated carbocycles. The van der Waals surface area contributed by atoms with Crippen LogP contribution in [0.15, 0.2) is 60.7 Å². The maximum Gasteiger partial charge on any atom is 0.257 e. The van der Waals surface area contributed by atoms with Crippen molar-refractivity contribution in [2.75, 3.05) is 17.2 Å². The van der Waals surface area contributed by atoms with E-state index in [4.69, 9.17) is 11.6 Å². The van der Waals surface area contributed by atoms with Crippen molar-refractivity contribution in [1.82, 2.24) is 4.90 Å². The van der Waals surface area contributed by atoms with E-state index in [2.05, 4.69) is 10.6 Å². The Morgan fingerprint density at radius 1 is 0.897 bits per heavy atom. The van der Waals surface area contributed by atoms with Gasteiger partial charge in [-0.1, -0.05) is 48.7 Å². The van der Waals surface area contributed by atoms with E-state index in [1.807, 2.05) is 37.3 Å². The molecule has 3 aromatic rings. The number of aryl methyl sites for hydroxylation is 2. The third kappa shape index (κ3) is 5.96. The van der Waals surface area contributed by atoms with Crippen LogP contribution in [-0.4, -0.2) is 29.3 Å². The molecule has 0 bridgehead atoms. The molecule has 2 amide bonds. The predicted octanol–water partition coefficient (Wildman–Crippen LogP) is 7.68. The van der Waals surface area contributed by atoms with Crippen molar-refractivity contribution in [1.29, 1.82) is 0 Å². The summed E-state index contributed by atoms with van der Waals surface area (Å²) < 4.78 is 14.9. The zero-order valence-corrected chi connectivity index (χ0v) is 23.2. The molecule has 2 fully saturated rings. The molecule has 204 valence electrons. The van der Waals surface area contributed by atoms with E-state index in [0.29, 0.717) is 41.7 Å². The van der Waals surface area contributed by atoms with Gasteiger partial charge in [0.1, 0.15) is 5.82 Å². The number of rotatable bonds is 6. The SMILES string of the molecule is Cc1cc(NC(=O)C2CCCN(C(=O)c3c(C)cccc3F)[C@H]2c2ccc(NC3CCCC3)cc2)ccc1Cl. The van der Waals surface area contributed by atoms with E-state index in [-0.39, 0.29) is 17.4 Å². The van der Waals surface area contributed by atoms with Crippen LogP contribution in [0.1, 0.15) is 71.6 Å². The summed E-state index contributed by atoms with van der Waals surface area (Å²) in [5, 5.41) is 7.27. The Labute approximate surface area is 234 Å². The zero-order valence-electron chi connectivity index (χ0n) is 22.5. The Bertz CT molecular complexity index is 1330. The third-order valence-electron chi connectivity index (χ3n) is 8.07. The number of halogens is 2. The van der Waals surface area contributed by atoms with Crippen molar-refractivity contribution in [3.63, 3.8) is 0 Å². The van der Waals surface area contributed by atoms with Gasteiger partial charge in [-0.05, 0) is 92.6 Å². The Hall–Kier alpha value is -3.38. The highest BCUT2D eigenvalue weighted by Gasteiger charge is 2.40. The summed E-state index contributed by atoms with van der Waals surface area (Å²) in [5.74, 6) is -1.60. The fraction of sp³-hybridized carbons (Fsp3) is 0.375. The number of nitrogens with zero attached hydrogens (tertiary/aromatic N) is 1. The highest BCUT2D eigenvalue weighted by Crippen LogP contribution is 2.39. The Balaban J connectivity index is 1.47. The minimum absolute atomic E-state index is 0.0661. The molecule has 2 atom stereocenters. The average molecular weight is 548 g/mol. The highest BCUT2D eigenvalue weighted by atomic mass is 35.5. The van der Waals surface area contributed by atoms with Gasteiger partial charge in [0.25, 0.3) is 5.91 Å². The zero-order chi connectivity index (χ0) is 27.5. The third-order valence-corrected chi connectivity index (χ3v) is 8.49. The number of anilines is 2. The Morgan fingerprint density at radius 2 is 1.62 bits per heavy atom. The smallest absolute Gasteiger partial charge is 0.257 e. The Morgan fingerprint density at radius 3 is 2.31 bits per heavy atom. The van der Waals surface area contributed by atoms with Crippen LogP contribution in [-0.2, 0) is 4.79 Å². The molecule has 1 aliphatic heterocycles. The molecular weight excluding hydrogens is 513 g/mol. The van der Waals surface area contributed by atoms with Crippen LogP contribution < -0.4 is 10.6 Å². The van der Waals surface area contributed by atoms with Crippen LogP contribution in [0, 0.1) is 25.6 Å². The number of carbonyl (C=O) groups is 2. The average Bonchev–Trinajstić information content (AvgIpc) is 3.44. The molecule has 1 aliphatic carbocycles. The van der Waals surface area contributed by atoms with Crippen LogP contribution in [0.5, 0.6) is 0 Å². The van der Waals surface area contributed by atoms with E-state index in [0.717, 1.165) is 16.8 Å². The number of nitrogens with one attached hydrogen (secondary N) is 2. The molecule has 1 heterocycles. The number of hydrogen-bond donors (Lipinski definition) is 2. The Kier molecular flexibility index (Phi) is 8.22. The molecule has 0 spiro atoms. The van der Waals surface area contributed by atoms with Crippen molar-refractivity contribution in [3.05, 3.63) is 93.8 Å². The van der Waals surface area contributed by atoms with Crippen LogP contribution in [0.3, 0.4) is 0 Å². The normalized spacial score (nSPS) is 19.6. The maximum absolute atomic E-state index is 14.9. The first kappa shape index (κ1) is 27.2. The summed E-state index contributed by atoms with van der Waals surface area (Å²) in [4.78, 5) is 29.3. The number of hydrogen-bond acceptors (Lipinski definition) is 3. The van der Waals surface area contributed by atoms with Gasteiger partial charge in [-0.3, -0.25) is 9.59 Å². The molecule has 1 unspecified atom stereocenters. The van der Waals surface area contributed by atoms with Crippen molar-refractivity contribution >= 4 is 34.8 Å². The number of piperidine rings is 1. The summed E-state index contributed by atoms with van der Waals surface area (Å²) in [7, 11) is 0. The standard InChI is InChI=1S/C32H35ClFN3O2/c1-20-7-5-11-28(34)29(20)32(39)37-18-6-10-26(31(38)36-25-16-17-27(33)21(2)19-25)30(37)22-12-14-24(15-13-22)35-23-8-3-4-9-23/h5,7,11-17,19,23,26,30,35H,3-4,6,8-10,18H2,1-2H3,(H,36,38)/t26?,30-/m0/s1. The summed E-state index contributed by atoms with van der Waals surface area (Å²) in [6.45, 7) is 4.08. The second kappa shape index (κ2) is 11.8. The second-order valence-corrected chi connectivity index (χ2v) is 11.2. The van der Waals surface area contributed by atoms with Gasteiger partial charge in [0.2, 0.25) is 5.91 Å². The molecule has 0 aromatic heterocycles. The molecule has 1 saturated heterocycles. The van der Waals surface area contributed by atoms with Crippen LogP contribution in [0.2, 0.25) is 5.02 Å². The summed E-state index contributed by atoms with van der Waals surface area (Å²) in [6, 6.07) is 18.0. The molecule has 5 rings (SSSR count). The van der Waals surface area contributed by atoms with Gasteiger partial charge in [0, 0.05) is 29.0 Å². The second-order valence-electron chi connectivity index (χ2n) is 10.8. The summed E-state index contributed by atoms with van der Waals surface area (Å²) >= 11 is 6.18. The lowest BCUT2D eigenvalue weighted by molar-refractivity contribution is -0.123. The molecule has 39 heavy (non-hydrogen) atoms. The van der Waals surface area contributed by atoms with Crippen LogP contribution >= 0.6 is 11.6 Å². The van der Waals surface area contributed by atoms with Gasteiger partial charge in [0.05, 0.1) is 17.5 Å². The van der Waals surface area contributed by atoms with Crippen molar-refractivity contribution in [2.24, 2.45) is 5.92 Å². The monoisotopic (exact) mass is 547 g/mol. The summed E-state index contributed by atoms with van der Waals surface area (Å²) in [6.07, 6.45) is 6.09. The van der Waals surface area contributed by atoms with Crippen LogP contribution in [0.4, 0.5) is 15.8 Å². The number of carbonyl (C=O) groups excluding carboxylic acids is 2. The quantitative estimate of drug-likeness (QED) is 0.332. The van der Waals surface area contributed by atoms with E-state index >= 15 is 0 Å². The maximum atomic E-state index is 14.9. The lowest BCUT2D eigenvalue weighted by atomic mass is 9.83. The first-order valence-electron chi connectivity index (χ1n) is 13.8. The fourth-order valence-corrected chi connectivity index (χ4v) is 6.11. The van der Waals surface area contributed by atoms with Gasteiger partial charge in [-0.2, -0.15) is 0 Å². The lowest BCUT2D eigenvalue weighted by Crippen LogP contribution is -2.46. The topological polar surface area (TPSA) is 61.4 Å². The molecule has 2 aliphatic rings. The number of amides is 2. The van der Waals surface area contributed by atoms with E-state index < -0.39 is 17.8 Å². The van der Waals surface area contributed by atoms with Gasteiger partial charge in [-0.25, -0.2) is 4.39 Å². The number of likely N-dealkylation sites (tertiary alicyclic amines) is 1.